The number of nitriles is 1. The van der Waals surface area contributed by atoms with Crippen molar-refractivity contribution in [2.75, 3.05) is 19.8 Å². The van der Waals surface area contributed by atoms with Gasteiger partial charge < -0.3 is 15.2 Å². The molecule has 17 heavy (non-hydrogen) atoms. The van der Waals surface area contributed by atoms with E-state index in [0.29, 0.717) is 12.7 Å². The van der Waals surface area contributed by atoms with Crippen LogP contribution in [0.2, 0.25) is 0 Å². The van der Waals surface area contributed by atoms with E-state index in [9.17, 15) is 0 Å². The topological polar surface area (TPSA) is 68.3 Å². The normalized spacial score (nSPS) is 23.9. The van der Waals surface area contributed by atoms with E-state index in [4.69, 9.17) is 20.5 Å². The molecule has 4 nitrogen and oxygen atoms in total. The van der Waals surface area contributed by atoms with Gasteiger partial charge in [0.1, 0.15) is 5.54 Å². The van der Waals surface area contributed by atoms with Gasteiger partial charge in [-0.3, -0.25) is 0 Å². The van der Waals surface area contributed by atoms with Crippen LogP contribution in [-0.4, -0.2) is 31.5 Å². The summed E-state index contributed by atoms with van der Waals surface area (Å²) in [6, 6.07) is 2.10. The highest BCUT2D eigenvalue weighted by atomic mass is 16.5. The SMILES string of the molecule is CC(N)(C#N)CCCCOCC1CCCCO1. The molecule has 1 aliphatic rings. The van der Waals surface area contributed by atoms with Crippen molar-refractivity contribution in [3.63, 3.8) is 0 Å². The largest absolute Gasteiger partial charge is 0.379 e. The van der Waals surface area contributed by atoms with Crippen molar-refractivity contribution in [3.8, 4) is 6.07 Å². The van der Waals surface area contributed by atoms with Gasteiger partial charge in [-0.1, -0.05) is 0 Å². The summed E-state index contributed by atoms with van der Waals surface area (Å²) in [5.74, 6) is 0. The predicted molar refractivity (Wildman–Crippen MR) is 66.5 cm³/mol. The molecule has 0 aromatic rings. The molecule has 2 unspecified atom stereocenters. The maximum atomic E-state index is 8.74. The van der Waals surface area contributed by atoms with Crippen molar-refractivity contribution in [1.82, 2.24) is 0 Å². The molecule has 0 aromatic heterocycles. The van der Waals surface area contributed by atoms with Crippen LogP contribution in [0.25, 0.3) is 0 Å². The van der Waals surface area contributed by atoms with Crippen molar-refractivity contribution in [3.05, 3.63) is 0 Å². The van der Waals surface area contributed by atoms with Gasteiger partial charge in [-0.2, -0.15) is 5.26 Å². The second kappa shape index (κ2) is 7.65. The van der Waals surface area contributed by atoms with Gasteiger partial charge in [0, 0.05) is 13.2 Å². The summed E-state index contributed by atoms with van der Waals surface area (Å²) in [4.78, 5) is 0. The molecule has 1 saturated heterocycles. The minimum atomic E-state index is -0.688. The van der Waals surface area contributed by atoms with Crippen molar-refractivity contribution in [2.24, 2.45) is 5.73 Å². The highest BCUT2D eigenvalue weighted by Gasteiger charge is 2.16. The Hall–Kier alpha value is -0.630. The van der Waals surface area contributed by atoms with E-state index in [1.165, 1.54) is 12.8 Å². The first kappa shape index (κ1) is 14.4. The van der Waals surface area contributed by atoms with Crippen LogP contribution in [0, 0.1) is 11.3 Å². The lowest BCUT2D eigenvalue weighted by atomic mass is 9.98. The number of hydrogen-bond acceptors (Lipinski definition) is 4. The molecule has 1 rings (SSSR count). The van der Waals surface area contributed by atoms with E-state index in [1.807, 2.05) is 0 Å². The highest BCUT2D eigenvalue weighted by molar-refractivity contribution is 5.00. The molecule has 1 fully saturated rings. The Bertz CT molecular complexity index is 242. The Labute approximate surface area is 104 Å². The molecule has 98 valence electrons. The minimum absolute atomic E-state index is 0.294. The first-order chi connectivity index (χ1) is 8.14. The zero-order chi connectivity index (χ0) is 12.6. The first-order valence-electron chi connectivity index (χ1n) is 6.53. The van der Waals surface area contributed by atoms with Crippen LogP contribution in [0.4, 0.5) is 0 Å². The number of nitrogens with zero attached hydrogens (tertiary/aromatic N) is 1. The van der Waals surface area contributed by atoms with Crippen molar-refractivity contribution in [1.29, 1.82) is 5.26 Å². The van der Waals surface area contributed by atoms with Gasteiger partial charge in [0.2, 0.25) is 0 Å². The van der Waals surface area contributed by atoms with Gasteiger partial charge in [0.25, 0.3) is 0 Å². The Morgan fingerprint density at radius 3 is 2.94 bits per heavy atom. The Morgan fingerprint density at radius 1 is 1.47 bits per heavy atom. The molecule has 0 aromatic carbocycles. The zero-order valence-electron chi connectivity index (χ0n) is 10.8. The van der Waals surface area contributed by atoms with Gasteiger partial charge >= 0.3 is 0 Å². The lowest BCUT2D eigenvalue weighted by molar-refractivity contribution is -0.0411. The number of nitrogens with two attached hydrogens (primary N) is 1. The molecule has 4 heteroatoms. The maximum absolute atomic E-state index is 8.74. The summed E-state index contributed by atoms with van der Waals surface area (Å²) in [5, 5.41) is 8.74. The third-order valence-corrected chi connectivity index (χ3v) is 3.07. The van der Waals surface area contributed by atoms with E-state index in [-0.39, 0.29) is 0 Å². The van der Waals surface area contributed by atoms with Gasteiger partial charge in [-0.15, -0.1) is 0 Å². The fraction of sp³-hybridized carbons (Fsp3) is 0.923. The summed E-state index contributed by atoms with van der Waals surface area (Å²) in [5.41, 5.74) is 5.04. The monoisotopic (exact) mass is 240 g/mol. The molecule has 2 N–H and O–H groups in total. The third kappa shape index (κ3) is 6.62. The number of ether oxygens (including phenoxy) is 2. The van der Waals surface area contributed by atoms with Crippen LogP contribution >= 0.6 is 0 Å². The molecule has 0 bridgehead atoms. The maximum Gasteiger partial charge on any atom is 0.101 e. The molecule has 0 spiro atoms. The van der Waals surface area contributed by atoms with Crippen LogP contribution in [0.3, 0.4) is 0 Å². The molecule has 0 aliphatic carbocycles. The summed E-state index contributed by atoms with van der Waals surface area (Å²) in [6.45, 7) is 4.09. The summed E-state index contributed by atoms with van der Waals surface area (Å²) < 4.78 is 11.1. The minimum Gasteiger partial charge on any atom is -0.379 e. The molecule has 1 aliphatic heterocycles. The molecule has 0 amide bonds. The second-order valence-corrected chi connectivity index (χ2v) is 5.05. The Kier molecular flexibility index (Phi) is 6.49. The molecule has 2 atom stereocenters. The van der Waals surface area contributed by atoms with E-state index >= 15 is 0 Å². The van der Waals surface area contributed by atoms with E-state index in [1.54, 1.807) is 6.92 Å². The number of rotatable bonds is 7. The van der Waals surface area contributed by atoms with E-state index in [2.05, 4.69) is 6.07 Å². The second-order valence-electron chi connectivity index (χ2n) is 5.05. The first-order valence-corrected chi connectivity index (χ1v) is 6.53. The average Bonchev–Trinajstić information content (AvgIpc) is 2.35. The van der Waals surface area contributed by atoms with Gasteiger partial charge in [0.15, 0.2) is 0 Å². The zero-order valence-corrected chi connectivity index (χ0v) is 10.8. The lowest BCUT2D eigenvalue weighted by Gasteiger charge is -2.22. The molecular formula is C13H24N2O2. The summed E-state index contributed by atoms with van der Waals surface area (Å²) >= 11 is 0. The summed E-state index contributed by atoms with van der Waals surface area (Å²) in [7, 11) is 0. The molecule has 1 heterocycles. The van der Waals surface area contributed by atoms with Gasteiger partial charge in [-0.25, -0.2) is 0 Å². The van der Waals surface area contributed by atoms with E-state index < -0.39 is 5.54 Å². The fourth-order valence-corrected chi connectivity index (χ4v) is 1.91. The van der Waals surface area contributed by atoms with Crippen molar-refractivity contribution in [2.45, 2.75) is 57.1 Å². The van der Waals surface area contributed by atoms with Crippen molar-refractivity contribution < 1.29 is 9.47 Å². The predicted octanol–water partition coefficient (Wildman–Crippen LogP) is 1.98. The molecule has 0 radical (unpaired) electrons. The van der Waals surface area contributed by atoms with Crippen LogP contribution in [0.1, 0.15) is 45.4 Å². The Morgan fingerprint density at radius 2 is 2.29 bits per heavy atom. The third-order valence-electron chi connectivity index (χ3n) is 3.07. The average molecular weight is 240 g/mol. The molecular weight excluding hydrogens is 216 g/mol. The van der Waals surface area contributed by atoms with Gasteiger partial charge in [0.05, 0.1) is 18.8 Å². The summed E-state index contributed by atoms with van der Waals surface area (Å²) in [6.07, 6.45) is 6.47. The molecule has 0 saturated carbocycles. The smallest absolute Gasteiger partial charge is 0.101 e. The highest BCUT2D eigenvalue weighted by Crippen LogP contribution is 2.13. The van der Waals surface area contributed by atoms with Crippen LogP contribution in [0.15, 0.2) is 0 Å². The fourth-order valence-electron chi connectivity index (χ4n) is 1.91. The van der Waals surface area contributed by atoms with Crippen LogP contribution in [-0.2, 0) is 9.47 Å². The quantitative estimate of drug-likeness (QED) is 0.691. The number of unbranched alkanes of at least 4 members (excludes halogenated alkanes) is 1. The van der Waals surface area contributed by atoms with Crippen molar-refractivity contribution >= 4 is 0 Å². The van der Waals surface area contributed by atoms with E-state index in [0.717, 1.165) is 38.9 Å². The number of hydrogen-bond donors (Lipinski definition) is 1. The van der Waals surface area contributed by atoms with Gasteiger partial charge in [-0.05, 0) is 45.4 Å². The van der Waals surface area contributed by atoms with Crippen LogP contribution in [0.5, 0.6) is 0 Å². The van der Waals surface area contributed by atoms with Crippen LogP contribution < -0.4 is 5.73 Å². The Balaban J connectivity index is 1.92. The lowest BCUT2D eigenvalue weighted by Crippen LogP contribution is -2.33. The standard InChI is InChI=1S/C13H24N2O2/c1-13(15,11-14)7-3-5-8-16-10-12-6-2-4-9-17-12/h12H,2-10,15H2,1H3.